The van der Waals surface area contributed by atoms with Crippen molar-refractivity contribution in [2.24, 2.45) is 0 Å². The number of piperidine rings is 1. The monoisotopic (exact) mass is 399 g/mol. The highest BCUT2D eigenvalue weighted by Gasteiger charge is 2.28. The molecule has 1 amide bonds. The second-order valence-corrected chi connectivity index (χ2v) is 9.22. The Morgan fingerprint density at radius 1 is 1.26 bits per heavy atom. The van der Waals surface area contributed by atoms with Gasteiger partial charge in [0, 0.05) is 17.3 Å². The van der Waals surface area contributed by atoms with Gasteiger partial charge < -0.3 is 5.32 Å². The maximum Gasteiger partial charge on any atom is 0.237 e. The fraction of sp³-hybridized carbons (Fsp3) is 0.429. The lowest BCUT2D eigenvalue weighted by Crippen LogP contribution is -2.48. The second kappa shape index (κ2) is 8.50. The zero-order valence-electron chi connectivity index (χ0n) is 15.6. The Morgan fingerprint density at radius 3 is 2.81 bits per heavy atom. The number of nitrogens with one attached hydrogen (secondary N) is 1. The minimum absolute atomic E-state index is 0.0651. The summed E-state index contributed by atoms with van der Waals surface area (Å²) in [5.41, 5.74) is 1.11. The van der Waals surface area contributed by atoms with Crippen molar-refractivity contribution in [1.82, 2.24) is 15.2 Å². The molecule has 0 spiro atoms. The molecule has 1 aliphatic heterocycles. The molecule has 142 valence electrons. The highest BCUT2D eigenvalue weighted by molar-refractivity contribution is 7.18. The van der Waals surface area contributed by atoms with Crippen molar-refractivity contribution in [1.29, 1.82) is 0 Å². The van der Waals surface area contributed by atoms with Crippen molar-refractivity contribution < 1.29 is 4.79 Å². The molecule has 1 aromatic carbocycles. The van der Waals surface area contributed by atoms with Crippen molar-refractivity contribution in [3.63, 3.8) is 0 Å². The standard InChI is InChI=1S/C21H25N3OS2/c1-15(20(25)22-11-8-17-5-4-14-26-17)24-12-9-16(10-13-24)21-23-18-6-2-3-7-19(18)27-21/h2-7,14-16H,8-13H2,1H3,(H,22,25)/t15-/m1/s1. The van der Waals surface area contributed by atoms with Crippen LogP contribution in [0, 0.1) is 0 Å². The van der Waals surface area contributed by atoms with Gasteiger partial charge in [0.2, 0.25) is 5.91 Å². The van der Waals surface area contributed by atoms with E-state index in [2.05, 4.69) is 45.9 Å². The molecule has 3 heterocycles. The number of benzene rings is 1. The number of thiazole rings is 1. The third-order valence-electron chi connectivity index (χ3n) is 5.37. The van der Waals surface area contributed by atoms with Crippen LogP contribution in [0.1, 0.15) is 35.6 Å². The van der Waals surface area contributed by atoms with E-state index in [0.717, 1.165) is 37.9 Å². The van der Waals surface area contributed by atoms with E-state index in [-0.39, 0.29) is 11.9 Å². The van der Waals surface area contributed by atoms with Gasteiger partial charge in [-0.3, -0.25) is 9.69 Å². The lowest BCUT2D eigenvalue weighted by Gasteiger charge is -2.34. The highest BCUT2D eigenvalue weighted by atomic mass is 32.1. The molecule has 1 fully saturated rings. The summed E-state index contributed by atoms with van der Waals surface area (Å²) >= 11 is 3.57. The second-order valence-electron chi connectivity index (χ2n) is 7.13. The van der Waals surface area contributed by atoms with Crippen LogP contribution in [0.5, 0.6) is 0 Å². The van der Waals surface area contributed by atoms with Gasteiger partial charge in [-0.25, -0.2) is 4.98 Å². The zero-order chi connectivity index (χ0) is 18.6. The molecule has 4 nitrogen and oxygen atoms in total. The molecule has 0 bridgehead atoms. The van der Waals surface area contributed by atoms with Crippen LogP contribution < -0.4 is 5.32 Å². The van der Waals surface area contributed by atoms with Crippen LogP contribution in [0.4, 0.5) is 0 Å². The zero-order valence-corrected chi connectivity index (χ0v) is 17.2. The maximum absolute atomic E-state index is 12.5. The normalized spacial score (nSPS) is 17.2. The number of carbonyl (C=O) groups is 1. The molecule has 0 aliphatic carbocycles. The number of carbonyl (C=O) groups excluding carboxylic acids is 1. The number of nitrogens with zero attached hydrogens (tertiary/aromatic N) is 2. The molecular weight excluding hydrogens is 374 g/mol. The number of rotatable bonds is 6. The number of hydrogen-bond acceptors (Lipinski definition) is 5. The van der Waals surface area contributed by atoms with E-state index in [1.807, 2.05) is 24.3 Å². The summed E-state index contributed by atoms with van der Waals surface area (Å²) in [6, 6.07) is 12.5. The summed E-state index contributed by atoms with van der Waals surface area (Å²) in [6.07, 6.45) is 3.06. The molecule has 6 heteroatoms. The van der Waals surface area contributed by atoms with Crippen LogP contribution in [0.15, 0.2) is 41.8 Å². The van der Waals surface area contributed by atoms with E-state index >= 15 is 0 Å². The van der Waals surface area contributed by atoms with Crippen LogP contribution in [-0.2, 0) is 11.2 Å². The van der Waals surface area contributed by atoms with Gasteiger partial charge in [-0.05, 0) is 62.9 Å². The molecule has 0 saturated carbocycles. The van der Waals surface area contributed by atoms with Gasteiger partial charge >= 0.3 is 0 Å². The Bertz CT molecular complexity index is 849. The Hall–Kier alpha value is -1.76. The average Bonchev–Trinajstić information content (AvgIpc) is 3.37. The minimum Gasteiger partial charge on any atom is -0.354 e. The molecule has 2 aromatic heterocycles. The van der Waals surface area contributed by atoms with Gasteiger partial charge in [0.25, 0.3) is 0 Å². The van der Waals surface area contributed by atoms with Crippen LogP contribution in [-0.4, -0.2) is 41.5 Å². The first-order chi connectivity index (χ1) is 13.2. The van der Waals surface area contributed by atoms with Crippen molar-refractivity contribution in [3.8, 4) is 0 Å². The Labute approximate surface area is 168 Å². The van der Waals surface area contributed by atoms with Gasteiger partial charge in [-0.15, -0.1) is 22.7 Å². The van der Waals surface area contributed by atoms with Crippen molar-refractivity contribution in [2.45, 2.75) is 38.1 Å². The van der Waals surface area contributed by atoms with Crippen LogP contribution in [0.3, 0.4) is 0 Å². The van der Waals surface area contributed by atoms with Crippen molar-refractivity contribution in [2.75, 3.05) is 19.6 Å². The van der Waals surface area contributed by atoms with Crippen LogP contribution >= 0.6 is 22.7 Å². The first kappa shape index (κ1) is 18.6. The first-order valence-electron chi connectivity index (χ1n) is 9.60. The van der Waals surface area contributed by atoms with E-state index in [0.29, 0.717) is 12.5 Å². The molecule has 1 N–H and O–H groups in total. The van der Waals surface area contributed by atoms with Crippen molar-refractivity contribution >= 4 is 38.8 Å². The summed E-state index contributed by atoms with van der Waals surface area (Å²) in [7, 11) is 0. The Kier molecular flexibility index (Phi) is 5.86. The molecule has 1 aliphatic rings. The third-order valence-corrected chi connectivity index (χ3v) is 7.50. The summed E-state index contributed by atoms with van der Waals surface area (Å²) < 4.78 is 1.27. The van der Waals surface area contributed by atoms with Crippen molar-refractivity contribution in [3.05, 3.63) is 51.7 Å². The number of hydrogen-bond donors (Lipinski definition) is 1. The lowest BCUT2D eigenvalue weighted by molar-refractivity contribution is -0.126. The molecule has 4 rings (SSSR count). The van der Waals surface area contributed by atoms with Crippen LogP contribution in [0.25, 0.3) is 10.2 Å². The minimum atomic E-state index is -0.0651. The predicted octanol–water partition coefficient (Wildman–Crippen LogP) is 4.28. The topological polar surface area (TPSA) is 45.2 Å². The fourth-order valence-corrected chi connectivity index (χ4v) is 5.52. The van der Waals surface area contributed by atoms with E-state index in [9.17, 15) is 4.79 Å². The molecule has 1 saturated heterocycles. The molecule has 0 radical (unpaired) electrons. The van der Waals surface area contributed by atoms with Gasteiger partial charge in [-0.2, -0.15) is 0 Å². The largest absolute Gasteiger partial charge is 0.354 e. The smallest absolute Gasteiger partial charge is 0.237 e. The quantitative estimate of drug-likeness (QED) is 0.673. The SMILES string of the molecule is C[C@H](C(=O)NCCc1cccs1)N1CCC(c2nc3ccccc3s2)CC1. The fourth-order valence-electron chi connectivity index (χ4n) is 3.68. The maximum atomic E-state index is 12.5. The summed E-state index contributed by atoms with van der Waals surface area (Å²) in [6.45, 7) is 4.66. The van der Waals surface area contributed by atoms with E-state index in [1.54, 1.807) is 11.3 Å². The van der Waals surface area contributed by atoms with Gasteiger partial charge in [0.15, 0.2) is 0 Å². The van der Waals surface area contributed by atoms with Gasteiger partial charge in [-0.1, -0.05) is 18.2 Å². The Morgan fingerprint density at radius 2 is 2.07 bits per heavy atom. The number of fused-ring (bicyclic) bond motifs is 1. The number of aromatic nitrogens is 1. The van der Waals surface area contributed by atoms with Crippen LogP contribution in [0.2, 0.25) is 0 Å². The van der Waals surface area contributed by atoms with E-state index in [4.69, 9.17) is 4.98 Å². The first-order valence-corrected chi connectivity index (χ1v) is 11.3. The van der Waals surface area contributed by atoms with Gasteiger partial charge in [0.05, 0.1) is 21.3 Å². The summed E-state index contributed by atoms with van der Waals surface area (Å²) in [5, 5.41) is 6.43. The average molecular weight is 400 g/mol. The number of thiophene rings is 1. The molecule has 27 heavy (non-hydrogen) atoms. The Balaban J connectivity index is 1.27. The number of amides is 1. The van der Waals surface area contributed by atoms with E-state index < -0.39 is 0 Å². The molecule has 3 aromatic rings. The number of para-hydroxylation sites is 1. The molecular formula is C21H25N3OS2. The third kappa shape index (κ3) is 4.39. The predicted molar refractivity (Wildman–Crippen MR) is 114 cm³/mol. The molecule has 0 unspecified atom stereocenters. The van der Waals surface area contributed by atoms with Gasteiger partial charge in [0.1, 0.15) is 0 Å². The summed E-state index contributed by atoms with van der Waals surface area (Å²) in [5.74, 6) is 0.665. The lowest BCUT2D eigenvalue weighted by atomic mass is 9.96. The summed E-state index contributed by atoms with van der Waals surface area (Å²) in [4.78, 5) is 20.9. The number of likely N-dealkylation sites (tertiary alicyclic amines) is 1. The highest BCUT2D eigenvalue weighted by Crippen LogP contribution is 2.34. The molecule has 1 atom stereocenters. The van der Waals surface area contributed by atoms with E-state index in [1.165, 1.54) is 14.6 Å².